The van der Waals surface area contributed by atoms with E-state index in [1.807, 2.05) is 30.3 Å². The molecule has 0 saturated carbocycles. The number of carbonyl (C=O) groups is 2. The van der Waals surface area contributed by atoms with E-state index in [1.165, 1.54) is 35.6 Å². The third-order valence-corrected chi connectivity index (χ3v) is 7.37. The van der Waals surface area contributed by atoms with Gasteiger partial charge in [0.15, 0.2) is 0 Å². The average molecular weight is 500 g/mol. The fourth-order valence-electron chi connectivity index (χ4n) is 3.54. The van der Waals surface area contributed by atoms with E-state index in [9.17, 15) is 18.0 Å². The second-order valence-electron chi connectivity index (χ2n) is 8.04. The van der Waals surface area contributed by atoms with Crippen molar-refractivity contribution in [2.24, 2.45) is 0 Å². The van der Waals surface area contributed by atoms with Crippen molar-refractivity contribution in [1.82, 2.24) is 5.32 Å². The lowest BCUT2D eigenvalue weighted by atomic mass is 10.1. The summed E-state index contributed by atoms with van der Waals surface area (Å²) in [6.45, 7) is 0.210. The summed E-state index contributed by atoms with van der Waals surface area (Å²) in [5.41, 5.74) is 2.80. The summed E-state index contributed by atoms with van der Waals surface area (Å²) in [4.78, 5) is 25.3. The number of carbonyl (C=O) groups excluding carboxylic acids is 2. The van der Waals surface area contributed by atoms with Crippen LogP contribution in [-0.4, -0.2) is 27.3 Å². The van der Waals surface area contributed by atoms with Gasteiger partial charge in [-0.25, -0.2) is 8.42 Å². The summed E-state index contributed by atoms with van der Waals surface area (Å²) < 4.78 is 27.0. The van der Waals surface area contributed by atoms with Gasteiger partial charge in [0.1, 0.15) is 0 Å². The number of rotatable bonds is 8. The molecular weight excluding hydrogens is 474 g/mol. The highest BCUT2D eigenvalue weighted by atomic mass is 32.2. The molecule has 7 nitrogen and oxygen atoms in total. The maximum atomic E-state index is 12.9. The minimum atomic E-state index is -3.76. The Morgan fingerprint density at radius 3 is 2.03 bits per heavy atom. The Bertz CT molecular complexity index is 1460. The minimum absolute atomic E-state index is 0.0857. The molecule has 0 spiro atoms. The number of para-hydroxylation sites is 2. The van der Waals surface area contributed by atoms with Crippen LogP contribution < -0.4 is 14.9 Å². The smallest absolute Gasteiger partial charge is 0.264 e. The molecule has 0 aliphatic rings. The molecule has 0 aliphatic heterocycles. The SMILES string of the molecule is CN(c1ccccc1)S(=O)(=O)c1ccc(C(=O)NCc2cccc(C(=O)Nc3ccccc3)c2)cc1. The molecule has 0 fully saturated rings. The Labute approximate surface area is 210 Å². The topological polar surface area (TPSA) is 95.6 Å². The summed E-state index contributed by atoms with van der Waals surface area (Å²) in [6.07, 6.45) is 0. The molecule has 2 N–H and O–H groups in total. The van der Waals surface area contributed by atoms with Gasteiger partial charge in [-0.15, -0.1) is 0 Å². The average Bonchev–Trinajstić information content (AvgIpc) is 2.92. The zero-order valence-corrected chi connectivity index (χ0v) is 20.4. The first-order valence-electron chi connectivity index (χ1n) is 11.2. The lowest BCUT2D eigenvalue weighted by Crippen LogP contribution is -2.27. The van der Waals surface area contributed by atoms with Crippen molar-refractivity contribution in [3.8, 4) is 0 Å². The van der Waals surface area contributed by atoms with E-state index in [-0.39, 0.29) is 23.3 Å². The number of hydrogen-bond acceptors (Lipinski definition) is 4. The normalized spacial score (nSPS) is 10.9. The van der Waals surface area contributed by atoms with Crippen molar-refractivity contribution in [2.75, 3.05) is 16.7 Å². The van der Waals surface area contributed by atoms with Gasteiger partial charge in [0, 0.05) is 30.4 Å². The molecule has 0 atom stereocenters. The first-order chi connectivity index (χ1) is 17.3. The quantitative estimate of drug-likeness (QED) is 0.368. The van der Waals surface area contributed by atoms with E-state index in [0.29, 0.717) is 22.5 Å². The molecular formula is C28H25N3O4S. The molecule has 0 radical (unpaired) electrons. The Hall–Kier alpha value is -4.43. The van der Waals surface area contributed by atoms with Crippen LogP contribution in [0, 0.1) is 0 Å². The second-order valence-corrected chi connectivity index (χ2v) is 10.0. The molecule has 0 aromatic heterocycles. The predicted octanol–water partition coefficient (Wildman–Crippen LogP) is 4.69. The van der Waals surface area contributed by atoms with Gasteiger partial charge < -0.3 is 10.6 Å². The van der Waals surface area contributed by atoms with E-state index in [4.69, 9.17) is 0 Å². The monoisotopic (exact) mass is 499 g/mol. The third kappa shape index (κ3) is 5.79. The van der Waals surface area contributed by atoms with Crippen LogP contribution in [0.5, 0.6) is 0 Å². The zero-order chi connectivity index (χ0) is 25.5. The van der Waals surface area contributed by atoms with Crippen molar-refractivity contribution in [1.29, 1.82) is 0 Å². The predicted molar refractivity (Wildman–Crippen MR) is 140 cm³/mol. The van der Waals surface area contributed by atoms with Crippen LogP contribution in [0.3, 0.4) is 0 Å². The van der Waals surface area contributed by atoms with E-state index >= 15 is 0 Å². The van der Waals surface area contributed by atoms with Crippen LogP contribution >= 0.6 is 0 Å². The van der Waals surface area contributed by atoms with Gasteiger partial charge in [0.25, 0.3) is 21.8 Å². The van der Waals surface area contributed by atoms with Crippen LogP contribution in [-0.2, 0) is 16.6 Å². The Morgan fingerprint density at radius 1 is 0.722 bits per heavy atom. The number of anilines is 2. The van der Waals surface area contributed by atoms with E-state index in [0.717, 1.165) is 5.56 Å². The first-order valence-corrected chi connectivity index (χ1v) is 12.7. The van der Waals surface area contributed by atoms with Gasteiger partial charge in [0.05, 0.1) is 10.6 Å². The van der Waals surface area contributed by atoms with Crippen LogP contribution in [0.4, 0.5) is 11.4 Å². The van der Waals surface area contributed by atoms with Gasteiger partial charge in [-0.2, -0.15) is 0 Å². The number of hydrogen-bond donors (Lipinski definition) is 2. The molecule has 0 heterocycles. The first kappa shape index (κ1) is 24.7. The van der Waals surface area contributed by atoms with Gasteiger partial charge in [-0.3, -0.25) is 13.9 Å². The molecule has 4 aromatic rings. The van der Waals surface area contributed by atoms with Gasteiger partial charge in [-0.05, 0) is 66.2 Å². The summed E-state index contributed by atoms with van der Waals surface area (Å²) in [6, 6.07) is 30.7. The van der Waals surface area contributed by atoms with Gasteiger partial charge >= 0.3 is 0 Å². The van der Waals surface area contributed by atoms with Crippen molar-refractivity contribution < 1.29 is 18.0 Å². The lowest BCUT2D eigenvalue weighted by molar-refractivity contribution is 0.0950. The summed E-state index contributed by atoms with van der Waals surface area (Å²) in [7, 11) is -2.28. The molecule has 4 rings (SSSR count). The third-order valence-electron chi connectivity index (χ3n) is 5.57. The van der Waals surface area contributed by atoms with E-state index in [2.05, 4.69) is 10.6 Å². The van der Waals surface area contributed by atoms with Gasteiger partial charge in [-0.1, -0.05) is 48.5 Å². The highest BCUT2D eigenvalue weighted by Crippen LogP contribution is 2.22. The van der Waals surface area contributed by atoms with Crippen molar-refractivity contribution in [2.45, 2.75) is 11.4 Å². The van der Waals surface area contributed by atoms with Gasteiger partial charge in [0.2, 0.25) is 0 Å². The Balaban J connectivity index is 1.38. The number of nitrogens with one attached hydrogen (secondary N) is 2. The second kappa shape index (κ2) is 10.9. The highest BCUT2D eigenvalue weighted by molar-refractivity contribution is 7.92. The highest BCUT2D eigenvalue weighted by Gasteiger charge is 2.21. The van der Waals surface area contributed by atoms with Crippen LogP contribution in [0.15, 0.2) is 114 Å². The molecule has 0 unspecified atom stereocenters. The molecule has 0 aliphatic carbocycles. The number of benzene rings is 4. The molecule has 2 amide bonds. The summed E-state index contributed by atoms with van der Waals surface area (Å²) >= 11 is 0. The summed E-state index contributed by atoms with van der Waals surface area (Å²) in [5, 5.41) is 5.64. The van der Waals surface area contributed by atoms with Crippen LogP contribution in [0.1, 0.15) is 26.3 Å². The molecule has 4 aromatic carbocycles. The molecule has 0 saturated heterocycles. The number of nitrogens with zero attached hydrogens (tertiary/aromatic N) is 1. The maximum absolute atomic E-state index is 12.9. The lowest BCUT2D eigenvalue weighted by Gasteiger charge is -2.19. The standard InChI is InChI=1S/C28H25N3O4S/c1-31(25-13-6-3-7-14-25)36(34,35)26-17-15-22(16-18-26)27(32)29-20-21-9-8-10-23(19-21)28(33)30-24-11-4-2-5-12-24/h2-19H,20H2,1H3,(H,29,32)(H,30,33). The fraction of sp³-hybridized carbons (Fsp3) is 0.0714. The van der Waals surface area contributed by atoms with Crippen LogP contribution in [0.2, 0.25) is 0 Å². The van der Waals surface area contributed by atoms with Crippen molar-refractivity contribution in [3.05, 3.63) is 126 Å². The number of sulfonamides is 1. The van der Waals surface area contributed by atoms with Crippen molar-refractivity contribution >= 4 is 33.2 Å². The van der Waals surface area contributed by atoms with Crippen molar-refractivity contribution in [3.63, 3.8) is 0 Å². The minimum Gasteiger partial charge on any atom is -0.348 e. The molecule has 36 heavy (non-hydrogen) atoms. The van der Waals surface area contributed by atoms with E-state index in [1.54, 1.807) is 54.6 Å². The fourth-order valence-corrected chi connectivity index (χ4v) is 4.74. The number of amides is 2. The van der Waals surface area contributed by atoms with E-state index < -0.39 is 10.0 Å². The zero-order valence-electron chi connectivity index (χ0n) is 19.6. The Kier molecular flexibility index (Phi) is 7.46. The Morgan fingerprint density at radius 2 is 1.36 bits per heavy atom. The molecule has 0 bridgehead atoms. The molecule has 8 heteroatoms. The summed E-state index contributed by atoms with van der Waals surface area (Å²) in [5.74, 6) is -0.596. The van der Waals surface area contributed by atoms with Crippen LogP contribution in [0.25, 0.3) is 0 Å². The largest absolute Gasteiger partial charge is 0.348 e. The molecule has 182 valence electrons. The maximum Gasteiger partial charge on any atom is 0.264 e.